The van der Waals surface area contributed by atoms with Gasteiger partial charge >= 0.3 is 0 Å². The van der Waals surface area contributed by atoms with Crippen molar-refractivity contribution >= 4 is 15.9 Å². The third kappa shape index (κ3) is 3.61. The fourth-order valence-electron chi connectivity index (χ4n) is 3.76. The van der Waals surface area contributed by atoms with Crippen LogP contribution in [0.2, 0.25) is 0 Å². The summed E-state index contributed by atoms with van der Waals surface area (Å²) in [6.45, 7) is 0. The Morgan fingerprint density at radius 3 is 2.63 bits per heavy atom. The summed E-state index contributed by atoms with van der Waals surface area (Å²) >= 11 is 0. The first-order chi connectivity index (χ1) is 12.8. The zero-order valence-corrected chi connectivity index (χ0v) is 15.5. The van der Waals surface area contributed by atoms with Crippen LogP contribution in [0, 0.1) is 17.2 Å². The second kappa shape index (κ2) is 6.42. The van der Waals surface area contributed by atoms with Crippen LogP contribution in [0.3, 0.4) is 0 Å². The molecule has 0 aliphatic heterocycles. The Hall–Kier alpha value is -2.26. The molecule has 1 aromatic carbocycles. The van der Waals surface area contributed by atoms with Crippen molar-refractivity contribution < 1.29 is 17.6 Å². The van der Waals surface area contributed by atoms with Gasteiger partial charge in [0.1, 0.15) is 10.7 Å². The lowest BCUT2D eigenvalue weighted by Crippen LogP contribution is -2.47. The first kappa shape index (κ1) is 18.1. The standard InChI is InChI=1S/C18H21FN4O3S/c19-12-1-3-13(4-2-12)23-11-14(10-21-23)27(25,26)22-17(24)15-9-18(7-8-18)6-5-16(15)20/h1-4,10-11,15-16H,5-9,20H2,(H,22,24). The van der Waals surface area contributed by atoms with Crippen LogP contribution in [0.25, 0.3) is 5.69 Å². The monoisotopic (exact) mass is 392 g/mol. The Labute approximate surface area is 156 Å². The molecule has 1 amide bonds. The molecule has 2 unspecified atom stereocenters. The molecule has 27 heavy (non-hydrogen) atoms. The molecular formula is C18H21FN4O3S. The van der Waals surface area contributed by atoms with Crippen LogP contribution in [-0.4, -0.2) is 30.1 Å². The molecule has 4 rings (SSSR count). The van der Waals surface area contributed by atoms with E-state index in [1.165, 1.54) is 35.1 Å². The van der Waals surface area contributed by atoms with Crippen LogP contribution in [0.1, 0.15) is 32.1 Å². The smallest absolute Gasteiger partial charge is 0.267 e. The number of amides is 1. The number of halogens is 1. The summed E-state index contributed by atoms with van der Waals surface area (Å²) in [7, 11) is -4.06. The lowest BCUT2D eigenvalue weighted by molar-refractivity contribution is -0.125. The van der Waals surface area contributed by atoms with E-state index in [-0.39, 0.29) is 16.4 Å². The predicted octanol–water partition coefficient (Wildman–Crippen LogP) is 1.72. The van der Waals surface area contributed by atoms with Crippen LogP contribution in [0.15, 0.2) is 41.6 Å². The number of carbonyl (C=O) groups is 1. The maximum Gasteiger partial charge on any atom is 0.267 e. The van der Waals surface area contributed by atoms with Crippen molar-refractivity contribution in [3.05, 3.63) is 42.5 Å². The number of carbonyl (C=O) groups excluding carboxylic acids is 1. The first-order valence-electron chi connectivity index (χ1n) is 8.91. The number of hydrogen-bond acceptors (Lipinski definition) is 5. The van der Waals surface area contributed by atoms with E-state index in [9.17, 15) is 17.6 Å². The number of rotatable bonds is 4. The highest BCUT2D eigenvalue weighted by Crippen LogP contribution is 2.57. The van der Waals surface area contributed by atoms with Gasteiger partial charge in [-0.05, 0) is 61.8 Å². The van der Waals surface area contributed by atoms with Crippen LogP contribution in [0.5, 0.6) is 0 Å². The van der Waals surface area contributed by atoms with E-state index in [2.05, 4.69) is 9.82 Å². The minimum atomic E-state index is -4.06. The summed E-state index contributed by atoms with van der Waals surface area (Å²) in [6.07, 6.45) is 7.00. The normalized spacial score (nSPS) is 23.9. The molecule has 0 saturated heterocycles. The van der Waals surface area contributed by atoms with E-state index in [1.807, 2.05) is 0 Å². The molecule has 1 heterocycles. The van der Waals surface area contributed by atoms with Crippen molar-refractivity contribution in [1.29, 1.82) is 0 Å². The lowest BCUT2D eigenvalue weighted by atomic mass is 9.76. The van der Waals surface area contributed by atoms with E-state index in [1.54, 1.807) is 0 Å². The second-order valence-corrected chi connectivity index (χ2v) is 9.26. The van der Waals surface area contributed by atoms with Crippen LogP contribution < -0.4 is 10.5 Å². The Kier molecular flexibility index (Phi) is 4.31. The second-order valence-electron chi connectivity index (χ2n) is 7.58. The fourth-order valence-corrected chi connectivity index (χ4v) is 4.72. The highest BCUT2D eigenvalue weighted by molar-refractivity contribution is 7.90. The van der Waals surface area contributed by atoms with E-state index in [0.29, 0.717) is 12.1 Å². The number of nitrogens with two attached hydrogens (primary N) is 1. The molecule has 2 aliphatic rings. The Bertz CT molecular complexity index is 967. The largest absolute Gasteiger partial charge is 0.327 e. The van der Waals surface area contributed by atoms with Gasteiger partial charge in [-0.1, -0.05) is 0 Å². The molecule has 2 aromatic rings. The Morgan fingerprint density at radius 1 is 1.26 bits per heavy atom. The van der Waals surface area contributed by atoms with Gasteiger partial charge in [0.15, 0.2) is 0 Å². The van der Waals surface area contributed by atoms with Gasteiger partial charge in [0.05, 0.1) is 24.0 Å². The number of nitrogens with one attached hydrogen (secondary N) is 1. The molecule has 2 aliphatic carbocycles. The molecule has 3 N–H and O–H groups in total. The van der Waals surface area contributed by atoms with Gasteiger partial charge in [-0.25, -0.2) is 22.2 Å². The van der Waals surface area contributed by atoms with Gasteiger partial charge in [-0.15, -0.1) is 0 Å². The molecule has 1 aromatic heterocycles. The summed E-state index contributed by atoms with van der Waals surface area (Å²) in [5.41, 5.74) is 6.77. The van der Waals surface area contributed by atoms with Crippen LogP contribution in [0.4, 0.5) is 4.39 Å². The number of hydrogen-bond donors (Lipinski definition) is 2. The maximum absolute atomic E-state index is 13.0. The molecule has 144 valence electrons. The third-order valence-electron chi connectivity index (χ3n) is 5.67. The van der Waals surface area contributed by atoms with Crippen molar-refractivity contribution in [1.82, 2.24) is 14.5 Å². The van der Waals surface area contributed by atoms with Gasteiger partial charge in [-0.3, -0.25) is 4.79 Å². The van der Waals surface area contributed by atoms with Crippen molar-refractivity contribution in [2.24, 2.45) is 17.1 Å². The molecule has 2 fully saturated rings. The Morgan fingerprint density at radius 2 is 1.96 bits per heavy atom. The summed E-state index contributed by atoms with van der Waals surface area (Å²) in [5.74, 6) is -1.45. The van der Waals surface area contributed by atoms with Crippen molar-refractivity contribution in [3.63, 3.8) is 0 Å². The van der Waals surface area contributed by atoms with E-state index in [4.69, 9.17) is 5.73 Å². The molecule has 9 heteroatoms. The number of benzene rings is 1. The fraction of sp³-hybridized carbons (Fsp3) is 0.444. The maximum atomic E-state index is 13.0. The average Bonchev–Trinajstić information content (AvgIpc) is 3.17. The number of sulfonamides is 1. The molecule has 0 radical (unpaired) electrons. The van der Waals surface area contributed by atoms with Gasteiger partial charge in [-0.2, -0.15) is 5.10 Å². The quantitative estimate of drug-likeness (QED) is 0.824. The molecular weight excluding hydrogens is 371 g/mol. The molecule has 0 bridgehead atoms. The highest BCUT2D eigenvalue weighted by atomic mass is 32.2. The predicted molar refractivity (Wildman–Crippen MR) is 95.8 cm³/mol. The van der Waals surface area contributed by atoms with Crippen molar-refractivity contribution in [2.75, 3.05) is 0 Å². The van der Waals surface area contributed by atoms with Crippen LogP contribution in [-0.2, 0) is 14.8 Å². The number of nitrogens with zero attached hydrogens (tertiary/aromatic N) is 2. The SMILES string of the molecule is NC1CCC2(CC2)CC1C(=O)NS(=O)(=O)c1cnn(-c2ccc(F)cc2)c1. The summed E-state index contributed by atoms with van der Waals surface area (Å²) in [5, 5.41) is 3.99. The molecule has 1 spiro atoms. The summed E-state index contributed by atoms with van der Waals surface area (Å²) in [6, 6.07) is 5.14. The first-order valence-corrected chi connectivity index (χ1v) is 10.4. The zero-order valence-electron chi connectivity index (χ0n) is 14.6. The number of aromatic nitrogens is 2. The highest BCUT2D eigenvalue weighted by Gasteiger charge is 2.50. The van der Waals surface area contributed by atoms with Gasteiger partial charge in [0.2, 0.25) is 5.91 Å². The van der Waals surface area contributed by atoms with E-state index in [0.717, 1.165) is 31.9 Å². The van der Waals surface area contributed by atoms with Crippen LogP contribution >= 0.6 is 0 Å². The van der Waals surface area contributed by atoms with Crippen molar-refractivity contribution in [3.8, 4) is 5.69 Å². The topological polar surface area (TPSA) is 107 Å². The van der Waals surface area contributed by atoms with E-state index >= 15 is 0 Å². The van der Waals surface area contributed by atoms with Crippen molar-refractivity contribution in [2.45, 2.75) is 43.0 Å². The van der Waals surface area contributed by atoms with Gasteiger partial charge in [0.25, 0.3) is 10.0 Å². The minimum Gasteiger partial charge on any atom is -0.327 e. The summed E-state index contributed by atoms with van der Waals surface area (Å²) in [4.78, 5) is 12.5. The minimum absolute atomic E-state index is 0.134. The third-order valence-corrected chi connectivity index (χ3v) is 6.97. The summed E-state index contributed by atoms with van der Waals surface area (Å²) < 4.78 is 41.6. The molecule has 2 saturated carbocycles. The average molecular weight is 392 g/mol. The Balaban J connectivity index is 1.50. The molecule has 2 atom stereocenters. The zero-order chi connectivity index (χ0) is 19.2. The van der Waals surface area contributed by atoms with E-state index < -0.39 is 27.7 Å². The lowest BCUT2D eigenvalue weighted by Gasteiger charge is -2.33. The van der Waals surface area contributed by atoms with Gasteiger partial charge in [0, 0.05) is 6.04 Å². The van der Waals surface area contributed by atoms with Gasteiger partial charge < -0.3 is 5.73 Å². The molecule has 7 nitrogen and oxygen atoms in total.